The second-order valence-electron chi connectivity index (χ2n) is 3.94. The summed E-state index contributed by atoms with van der Waals surface area (Å²) in [6, 6.07) is 0.563. The Morgan fingerprint density at radius 3 is 2.50 bits per heavy atom. The van der Waals surface area contributed by atoms with Gasteiger partial charge in [-0.1, -0.05) is 0 Å². The van der Waals surface area contributed by atoms with Crippen LogP contribution in [0.5, 0.6) is 0 Å². The molecule has 1 rings (SSSR count). The molecule has 84 valence electrons. The highest BCUT2D eigenvalue weighted by atomic mass is 19.4. The van der Waals surface area contributed by atoms with Crippen molar-refractivity contribution in [3.8, 4) is 0 Å². The number of hydrogen-bond acceptors (Lipinski definition) is 2. The van der Waals surface area contributed by atoms with Crippen molar-refractivity contribution in [3.05, 3.63) is 0 Å². The molecule has 1 aliphatic rings. The third-order valence-electron chi connectivity index (χ3n) is 2.54. The van der Waals surface area contributed by atoms with Crippen LogP contribution in [0, 0.1) is 0 Å². The molecule has 0 saturated heterocycles. The summed E-state index contributed by atoms with van der Waals surface area (Å²) in [6.45, 7) is 0.441. The van der Waals surface area contributed by atoms with E-state index in [1.807, 2.05) is 0 Å². The van der Waals surface area contributed by atoms with Gasteiger partial charge < -0.3 is 11.1 Å². The third kappa shape index (κ3) is 4.81. The first-order valence-corrected chi connectivity index (χ1v) is 5.03. The van der Waals surface area contributed by atoms with Gasteiger partial charge in [0, 0.05) is 18.5 Å². The molecule has 1 saturated carbocycles. The van der Waals surface area contributed by atoms with E-state index >= 15 is 0 Å². The minimum atomic E-state index is -4.02. The second kappa shape index (κ2) is 4.98. The summed E-state index contributed by atoms with van der Waals surface area (Å²) in [5, 5.41) is 3.10. The lowest BCUT2D eigenvalue weighted by Crippen LogP contribution is -2.29. The average Bonchev–Trinajstić information content (AvgIpc) is 2.44. The molecule has 0 aromatic carbocycles. The molecule has 0 bridgehead atoms. The van der Waals surface area contributed by atoms with Crippen LogP contribution in [0.25, 0.3) is 0 Å². The van der Waals surface area contributed by atoms with E-state index < -0.39 is 12.6 Å². The number of hydrogen-bond donors (Lipinski definition) is 2. The van der Waals surface area contributed by atoms with Crippen molar-refractivity contribution < 1.29 is 13.2 Å². The summed E-state index contributed by atoms with van der Waals surface area (Å²) < 4.78 is 35.3. The van der Waals surface area contributed by atoms with Crippen LogP contribution < -0.4 is 11.1 Å². The Labute approximate surface area is 82.0 Å². The van der Waals surface area contributed by atoms with E-state index in [9.17, 15) is 13.2 Å². The maximum Gasteiger partial charge on any atom is 0.389 e. The molecule has 1 fully saturated rings. The smallest absolute Gasteiger partial charge is 0.328 e. The van der Waals surface area contributed by atoms with Gasteiger partial charge in [-0.15, -0.1) is 0 Å². The molecule has 0 aromatic rings. The highest BCUT2D eigenvalue weighted by molar-refractivity contribution is 4.82. The fourth-order valence-corrected chi connectivity index (χ4v) is 1.80. The molecular weight excluding hydrogens is 193 g/mol. The average molecular weight is 210 g/mol. The first kappa shape index (κ1) is 11.8. The van der Waals surface area contributed by atoms with Crippen LogP contribution in [0.4, 0.5) is 13.2 Å². The Kier molecular flexibility index (Phi) is 4.19. The van der Waals surface area contributed by atoms with Crippen LogP contribution in [0.2, 0.25) is 0 Å². The van der Waals surface area contributed by atoms with Crippen molar-refractivity contribution in [2.75, 3.05) is 6.54 Å². The predicted molar refractivity (Wildman–Crippen MR) is 48.9 cm³/mol. The number of rotatable bonds is 4. The van der Waals surface area contributed by atoms with Crippen LogP contribution >= 0.6 is 0 Å². The maximum absolute atomic E-state index is 11.8. The van der Waals surface area contributed by atoms with Crippen molar-refractivity contribution in [1.29, 1.82) is 0 Å². The maximum atomic E-state index is 11.8. The molecule has 2 nitrogen and oxygen atoms in total. The minimum Gasteiger partial charge on any atom is -0.328 e. The summed E-state index contributed by atoms with van der Waals surface area (Å²) in [5.41, 5.74) is 5.68. The molecule has 3 N–H and O–H groups in total. The molecule has 1 aliphatic carbocycles. The van der Waals surface area contributed by atoms with Gasteiger partial charge in [0.05, 0.1) is 0 Å². The molecule has 5 heteroatoms. The van der Waals surface area contributed by atoms with E-state index in [4.69, 9.17) is 5.73 Å². The Balaban J connectivity index is 1.99. The molecule has 0 amide bonds. The largest absolute Gasteiger partial charge is 0.389 e. The van der Waals surface area contributed by atoms with Crippen LogP contribution in [-0.2, 0) is 0 Å². The van der Waals surface area contributed by atoms with Crippen LogP contribution in [-0.4, -0.2) is 24.8 Å². The number of nitrogens with two attached hydrogens (primary N) is 1. The van der Waals surface area contributed by atoms with Crippen molar-refractivity contribution in [2.45, 2.75) is 50.4 Å². The molecule has 0 aliphatic heterocycles. The van der Waals surface area contributed by atoms with Crippen molar-refractivity contribution in [3.63, 3.8) is 0 Å². The zero-order valence-corrected chi connectivity index (χ0v) is 8.11. The van der Waals surface area contributed by atoms with E-state index in [2.05, 4.69) is 5.32 Å². The van der Waals surface area contributed by atoms with E-state index in [-0.39, 0.29) is 12.5 Å². The molecular formula is C9H17F3N2. The molecule has 2 atom stereocenters. The van der Waals surface area contributed by atoms with Gasteiger partial charge in [0.25, 0.3) is 0 Å². The quantitative estimate of drug-likeness (QED) is 0.694. The zero-order valence-electron chi connectivity index (χ0n) is 8.11. The highest BCUT2D eigenvalue weighted by Crippen LogP contribution is 2.21. The summed E-state index contributed by atoms with van der Waals surface area (Å²) in [4.78, 5) is 0. The molecule has 0 spiro atoms. The Bertz CT molecular complexity index is 170. The van der Waals surface area contributed by atoms with Gasteiger partial charge in [-0.3, -0.25) is 0 Å². The summed E-state index contributed by atoms with van der Waals surface area (Å²) >= 11 is 0. The lowest BCUT2D eigenvalue weighted by molar-refractivity contribution is -0.135. The fourth-order valence-electron chi connectivity index (χ4n) is 1.80. The summed E-state index contributed by atoms with van der Waals surface area (Å²) in [6.07, 6.45) is -1.68. The number of nitrogens with one attached hydrogen (secondary N) is 1. The normalized spacial score (nSPS) is 28.3. The Hall–Kier alpha value is -0.290. The second-order valence-corrected chi connectivity index (χ2v) is 3.94. The topological polar surface area (TPSA) is 38.0 Å². The van der Waals surface area contributed by atoms with Gasteiger partial charge >= 0.3 is 6.18 Å². The van der Waals surface area contributed by atoms with Crippen molar-refractivity contribution >= 4 is 0 Å². The van der Waals surface area contributed by atoms with E-state index in [0.29, 0.717) is 12.6 Å². The van der Waals surface area contributed by atoms with Gasteiger partial charge in [0.15, 0.2) is 0 Å². The lowest BCUT2D eigenvalue weighted by Gasteiger charge is -2.12. The standard InChI is InChI=1S/C9H17F3N2/c10-9(11,12)4-1-5-14-8-3-2-7(13)6-8/h7-8,14H,1-6,13H2. The van der Waals surface area contributed by atoms with Gasteiger partial charge in [0.2, 0.25) is 0 Å². The first-order valence-electron chi connectivity index (χ1n) is 5.03. The fraction of sp³-hybridized carbons (Fsp3) is 1.00. The SMILES string of the molecule is NC1CCC(NCCCC(F)(F)F)C1. The van der Waals surface area contributed by atoms with Crippen LogP contribution in [0.1, 0.15) is 32.1 Å². The van der Waals surface area contributed by atoms with Crippen molar-refractivity contribution in [1.82, 2.24) is 5.32 Å². The monoisotopic (exact) mass is 210 g/mol. The molecule has 0 radical (unpaired) electrons. The van der Waals surface area contributed by atoms with Gasteiger partial charge in [-0.05, 0) is 32.2 Å². The number of halogens is 3. The molecule has 14 heavy (non-hydrogen) atoms. The van der Waals surface area contributed by atoms with Gasteiger partial charge in [-0.25, -0.2) is 0 Å². The molecule has 0 heterocycles. The van der Waals surface area contributed by atoms with E-state index in [0.717, 1.165) is 19.3 Å². The lowest BCUT2D eigenvalue weighted by atomic mass is 10.2. The van der Waals surface area contributed by atoms with Crippen LogP contribution in [0.3, 0.4) is 0 Å². The third-order valence-corrected chi connectivity index (χ3v) is 2.54. The number of alkyl halides is 3. The van der Waals surface area contributed by atoms with Gasteiger partial charge in [0.1, 0.15) is 0 Å². The van der Waals surface area contributed by atoms with Gasteiger partial charge in [-0.2, -0.15) is 13.2 Å². The molecule has 2 unspecified atom stereocenters. The summed E-state index contributed by atoms with van der Waals surface area (Å²) in [5.74, 6) is 0. The summed E-state index contributed by atoms with van der Waals surface area (Å²) in [7, 11) is 0. The first-order chi connectivity index (χ1) is 6.47. The predicted octanol–water partition coefficient (Wildman–Crippen LogP) is 1.80. The highest BCUT2D eigenvalue weighted by Gasteiger charge is 2.26. The van der Waals surface area contributed by atoms with Crippen molar-refractivity contribution in [2.24, 2.45) is 5.73 Å². The Morgan fingerprint density at radius 1 is 1.29 bits per heavy atom. The van der Waals surface area contributed by atoms with E-state index in [1.54, 1.807) is 0 Å². The minimum absolute atomic E-state index is 0.162. The molecule has 0 aromatic heterocycles. The van der Waals surface area contributed by atoms with Crippen LogP contribution in [0.15, 0.2) is 0 Å². The van der Waals surface area contributed by atoms with E-state index in [1.165, 1.54) is 0 Å². The zero-order chi connectivity index (χ0) is 10.6. The Morgan fingerprint density at radius 2 is 2.00 bits per heavy atom.